The van der Waals surface area contributed by atoms with E-state index < -0.39 is 89.6 Å². The number of H-pyrrole nitrogens is 1. The predicted octanol–water partition coefficient (Wildman–Crippen LogP) is -3.31. The summed E-state index contributed by atoms with van der Waals surface area (Å²) < 4.78 is 49.7. The van der Waals surface area contributed by atoms with Crippen molar-refractivity contribution in [3.05, 3.63) is 27.1 Å². The van der Waals surface area contributed by atoms with Crippen LogP contribution in [-0.4, -0.2) is 117 Å². The number of aromatic nitrogens is 4. The highest BCUT2D eigenvalue weighted by Crippen LogP contribution is 2.61. The normalized spacial score (nSPS) is 35.0. The highest BCUT2D eigenvalue weighted by atomic mass is 31.3. The zero-order valence-corrected chi connectivity index (χ0v) is 22.0. The van der Waals surface area contributed by atoms with Crippen LogP contribution in [0.1, 0.15) is 6.23 Å². The Bertz CT molecular complexity index is 1470. The lowest BCUT2D eigenvalue weighted by Gasteiger charge is -2.40. The Balaban J connectivity index is 1.42. The lowest BCUT2D eigenvalue weighted by Crippen LogP contribution is -2.58. The molecule has 2 fully saturated rings. The number of ether oxygens (including phenoxy) is 2. The molecule has 0 amide bonds. The van der Waals surface area contributed by atoms with Gasteiger partial charge in [-0.15, -0.1) is 0 Å². The first-order valence-corrected chi connectivity index (χ1v) is 14.3. The number of anilines is 1. The summed E-state index contributed by atoms with van der Waals surface area (Å²) in [5, 5.41) is 53.1. The molecule has 4 heterocycles. The van der Waals surface area contributed by atoms with E-state index in [0.717, 1.165) is 10.9 Å². The van der Waals surface area contributed by atoms with E-state index in [1.165, 1.54) is 0 Å². The molecule has 2 aliphatic heterocycles. The number of phosphoric ester groups is 2. The molecule has 2 aliphatic rings. The van der Waals surface area contributed by atoms with Gasteiger partial charge in [0.05, 0.1) is 25.6 Å². The van der Waals surface area contributed by atoms with Gasteiger partial charge in [-0.25, -0.2) is 14.1 Å². The Kier molecular flexibility index (Phi) is 9.16. The molecular formula is C16H24N8O15P2. The fraction of sp³-hybridized carbons (Fsp3) is 0.688. The number of azide groups is 1. The second kappa shape index (κ2) is 12.0. The number of aliphatic hydroxyl groups excluding tert-OH is 5. The largest absolute Gasteiger partial charge is 0.483 e. The molecule has 11 unspecified atom stereocenters. The van der Waals surface area contributed by atoms with Gasteiger partial charge in [0.25, 0.3) is 5.56 Å². The van der Waals surface area contributed by atoms with Gasteiger partial charge in [0.2, 0.25) is 5.95 Å². The summed E-state index contributed by atoms with van der Waals surface area (Å²) in [5.41, 5.74) is 13.2. The SMILES string of the molecule is [N-]=[N+]=NC1C(OP(=O)(O)OP(=O)(O)OCC2OC(n3cnc4c(=O)[nH]c(N)nc43)C(O)C2O)OC(CO)C(O)C1O. The number of nitrogen functional groups attached to an aromatic ring is 1. The highest BCUT2D eigenvalue weighted by molar-refractivity contribution is 7.61. The molecule has 11 atom stereocenters. The standard InChI is InChI=1S/C16H24N8O15P2/c17-16-20-12-7(13(30)21-16)19-3-24(12)14-11(29)9(27)5(36-14)2-35-40(31,32)39-41(33,34)38-15-6(22-23-18)10(28)8(26)4(1-25)37-15/h3-6,8-11,14-15,25-29H,1-2H2,(H,31,32)(H,33,34)(H3,17,20,21,30). The predicted molar refractivity (Wildman–Crippen MR) is 127 cm³/mol. The summed E-state index contributed by atoms with van der Waals surface area (Å²) in [5.74, 6) is -0.284. The molecule has 23 nitrogen and oxygen atoms in total. The van der Waals surface area contributed by atoms with Gasteiger partial charge >= 0.3 is 15.6 Å². The van der Waals surface area contributed by atoms with Crippen molar-refractivity contribution in [3.8, 4) is 0 Å². The molecule has 2 aromatic heterocycles. The van der Waals surface area contributed by atoms with Gasteiger partial charge in [0.15, 0.2) is 23.7 Å². The first-order chi connectivity index (χ1) is 19.2. The Morgan fingerprint density at radius 3 is 2.46 bits per heavy atom. The quantitative estimate of drug-likeness (QED) is 0.0536. The second-order valence-corrected chi connectivity index (χ2v) is 11.6. The molecule has 41 heavy (non-hydrogen) atoms. The fourth-order valence-corrected chi connectivity index (χ4v) is 6.19. The molecule has 0 bridgehead atoms. The monoisotopic (exact) mass is 630 g/mol. The third-order valence-electron chi connectivity index (χ3n) is 5.94. The minimum Gasteiger partial charge on any atom is -0.394 e. The van der Waals surface area contributed by atoms with Crippen LogP contribution in [0, 0.1) is 0 Å². The average molecular weight is 630 g/mol. The van der Waals surface area contributed by atoms with Gasteiger partial charge in [-0.3, -0.25) is 23.4 Å². The van der Waals surface area contributed by atoms with Crippen LogP contribution in [-0.2, 0) is 32.0 Å². The van der Waals surface area contributed by atoms with Crippen molar-refractivity contribution >= 4 is 32.8 Å². The molecule has 0 radical (unpaired) electrons. The van der Waals surface area contributed by atoms with E-state index in [4.69, 9.17) is 20.7 Å². The first kappa shape index (κ1) is 31.4. The first-order valence-electron chi connectivity index (χ1n) is 11.3. The van der Waals surface area contributed by atoms with Crippen LogP contribution in [0.5, 0.6) is 0 Å². The minimum atomic E-state index is -5.64. The Labute approximate surface area is 226 Å². The van der Waals surface area contributed by atoms with Gasteiger partial charge in [0.1, 0.15) is 36.6 Å². The molecule has 10 N–H and O–H groups in total. The van der Waals surface area contributed by atoms with Crippen molar-refractivity contribution in [2.24, 2.45) is 5.11 Å². The van der Waals surface area contributed by atoms with E-state index >= 15 is 0 Å². The molecule has 4 rings (SSSR count). The summed E-state index contributed by atoms with van der Waals surface area (Å²) in [7, 11) is -11.2. The Morgan fingerprint density at radius 2 is 1.80 bits per heavy atom. The average Bonchev–Trinajstić information content (AvgIpc) is 3.42. The maximum Gasteiger partial charge on any atom is 0.483 e. The van der Waals surface area contributed by atoms with Gasteiger partial charge < -0.3 is 50.5 Å². The number of aromatic amines is 1. The van der Waals surface area contributed by atoms with Crippen molar-refractivity contribution in [1.82, 2.24) is 19.5 Å². The number of hydrogen-bond donors (Lipinski definition) is 9. The molecule has 0 aromatic carbocycles. The van der Waals surface area contributed by atoms with Crippen LogP contribution in [0.4, 0.5) is 5.95 Å². The topological polar surface area (TPSA) is 360 Å². The number of imidazole rings is 1. The molecular weight excluding hydrogens is 606 g/mol. The lowest BCUT2D eigenvalue weighted by atomic mass is 9.98. The lowest BCUT2D eigenvalue weighted by molar-refractivity contribution is -0.242. The zero-order chi connectivity index (χ0) is 30.3. The molecule has 0 aliphatic carbocycles. The van der Waals surface area contributed by atoms with Crippen molar-refractivity contribution in [1.29, 1.82) is 0 Å². The summed E-state index contributed by atoms with van der Waals surface area (Å²) >= 11 is 0. The Morgan fingerprint density at radius 1 is 1.12 bits per heavy atom. The number of nitrogens with two attached hydrogens (primary N) is 1. The molecule has 25 heteroatoms. The van der Waals surface area contributed by atoms with Crippen LogP contribution < -0.4 is 11.3 Å². The van der Waals surface area contributed by atoms with Crippen molar-refractivity contribution in [3.63, 3.8) is 0 Å². The molecule has 2 saturated heterocycles. The van der Waals surface area contributed by atoms with Crippen LogP contribution in [0.25, 0.3) is 21.6 Å². The molecule has 228 valence electrons. The number of nitrogens with one attached hydrogen (secondary N) is 1. The number of hydrogen-bond acceptors (Lipinski definition) is 17. The van der Waals surface area contributed by atoms with Crippen LogP contribution in [0.2, 0.25) is 0 Å². The third kappa shape index (κ3) is 6.60. The number of phosphoric acid groups is 2. The summed E-state index contributed by atoms with van der Waals surface area (Å²) in [6.07, 6.45) is -12.9. The number of fused-ring (bicyclic) bond motifs is 1. The molecule has 0 spiro atoms. The minimum absolute atomic E-state index is 0.122. The van der Waals surface area contributed by atoms with Crippen LogP contribution in [0.3, 0.4) is 0 Å². The van der Waals surface area contributed by atoms with E-state index in [1.54, 1.807) is 0 Å². The van der Waals surface area contributed by atoms with Gasteiger partial charge in [0, 0.05) is 4.91 Å². The maximum absolute atomic E-state index is 12.4. The van der Waals surface area contributed by atoms with Gasteiger partial charge in [-0.05, 0) is 5.53 Å². The van der Waals surface area contributed by atoms with E-state index in [9.17, 15) is 49.2 Å². The zero-order valence-electron chi connectivity index (χ0n) is 20.2. The highest BCUT2D eigenvalue weighted by Gasteiger charge is 2.50. The van der Waals surface area contributed by atoms with E-state index in [2.05, 4.69) is 38.3 Å². The fourth-order valence-electron chi connectivity index (χ4n) is 4.03. The maximum atomic E-state index is 12.4. The van der Waals surface area contributed by atoms with Gasteiger partial charge in [-0.2, -0.15) is 9.29 Å². The summed E-state index contributed by atoms with van der Waals surface area (Å²) in [6, 6.07) is -1.86. The molecule has 2 aromatic rings. The number of nitrogens with zero attached hydrogens (tertiary/aromatic N) is 6. The van der Waals surface area contributed by atoms with Crippen molar-refractivity contribution in [2.75, 3.05) is 18.9 Å². The summed E-state index contributed by atoms with van der Waals surface area (Å²) in [6.45, 7) is -1.92. The van der Waals surface area contributed by atoms with E-state index in [-0.39, 0.29) is 17.1 Å². The Hall–Kier alpha value is -2.56. The van der Waals surface area contributed by atoms with Crippen LogP contribution in [0.15, 0.2) is 16.2 Å². The number of rotatable bonds is 10. The van der Waals surface area contributed by atoms with Crippen LogP contribution >= 0.6 is 15.6 Å². The third-order valence-corrected chi connectivity index (χ3v) is 8.54. The summed E-state index contributed by atoms with van der Waals surface area (Å²) in [4.78, 5) is 44.3. The van der Waals surface area contributed by atoms with Crippen molar-refractivity contribution in [2.45, 2.75) is 55.2 Å². The second-order valence-electron chi connectivity index (χ2n) is 8.64. The van der Waals surface area contributed by atoms with E-state index in [0.29, 0.717) is 0 Å². The smallest absolute Gasteiger partial charge is 0.394 e. The number of aliphatic hydroxyl groups is 5. The van der Waals surface area contributed by atoms with E-state index in [1.807, 2.05) is 0 Å². The van der Waals surface area contributed by atoms with Gasteiger partial charge in [-0.1, -0.05) is 5.11 Å². The van der Waals surface area contributed by atoms with Crippen molar-refractivity contribution < 1.29 is 67.3 Å². The molecule has 0 saturated carbocycles.